The molecule has 4 nitrogen and oxygen atoms in total. The minimum absolute atomic E-state index is 0.00432. The first kappa shape index (κ1) is 14.6. The normalized spacial score (nSPS) is 9.00. The molecule has 4 heteroatoms. The SMILES string of the molecule is CCC(=O)c1ccc(OCCO)cc1.CO. The van der Waals surface area contributed by atoms with Crippen LogP contribution in [0.2, 0.25) is 0 Å². The zero-order valence-corrected chi connectivity index (χ0v) is 9.64. The average molecular weight is 226 g/mol. The maximum Gasteiger partial charge on any atom is 0.162 e. The molecule has 0 heterocycles. The Bertz CT molecular complexity index is 292. The minimum atomic E-state index is -0.00432. The number of carbonyl (C=O) groups is 1. The quantitative estimate of drug-likeness (QED) is 0.742. The fourth-order valence-corrected chi connectivity index (χ4v) is 1.10. The summed E-state index contributed by atoms with van der Waals surface area (Å²) in [6.07, 6.45) is 0.511. The van der Waals surface area contributed by atoms with E-state index in [2.05, 4.69) is 0 Å². The van der Waals surface area contributed by atoms with Crippen LogP contribution in [0.1, 0.15) is 23.7 Å². The number of aliphatic hydroxyl groups is 2. The number of ether oxygens (including phenoxy) is 1. The lowest BCUT2D eigenvalue weighted by atomic mass is 10.1. The van der Waals surface area contributed by atoms with Crippen LogP contribution >= 0.6 is 0 Å². The zero-order valence-electron chi connectivity index (χ0n) is 9.64. The molecule has 0 fully saturated rings. The third kappa shape index (κ3) is 4.91. The second-order valence-corrected chi connectivity index (χ2v) is 2.87. The maximum atomic E-state index is 11.3. The molecule has 0 amide bonds. The van der Waals surface area contributed by atoms with Crippen LogP contribution in [0.5, 0.6) is 5.75 Å². The van der Waals surface area contributed by atoms with E-state index in [4.69, 9.17) is 14.9 Å². The highest BCUT2D eigenvalue weighted by Gasteiger charge is 2.02. The van der Waals surface area contributed by atoms with Gasteiger partial charge in [-0.25, -0.2) is 0 Å². The van der Waals surface area contributed by atoms with Gasteiger partial charge in [0.25, 0.3) is 0 Å². The summed E-state index contributed by atoms with van der Waals surface area (Å²) < 4.78 is 5.16. The van der Waals surface area contributed by atoms with Gasteiger partial charge in [-0.3, -0.25) is 4.79 Å². The first-order valence-corrected chi connectivity index (χ1v) is 5.09. The van der Waals surface area contributed by atoms with Gasteiger partial charge < -0.3 is 14.9 Å². The molecule has 0 unspecified atom stereocenters. The van der Waals surface area contributed by atoms with Crippen molar-refractivity contribution in [2.45, 2.75) is 13.3 Å². The Balaban J connectivity index is 0.00000106. The van der Waals surface area contributed by atoms with Crippen molar-refractivity contribution in [2.24, 2.45) is 0 Å². The molecule has 2 N–H and O–H groups in total. The van der Waals surface area contributed by atoms with Gasteiger partial charge in [0.05, 0.1) is 6.61 Å². The van der Waals surface area contributed by atoms with E-state index in [9.17, 15) is 4.79 Å². The number of rotatable bonds is 5. The first-order valence-electron chi connectivity index (χ1n) is 5.09. The molecule has 0 aliphatic carbocycles. The van der Waals surface area contributed by atoms with E-state index in [0.717, 1.165) is 7.11 Å². The second kappa shape index (κ2) is 8.88. The number of aliphatic hydroxyl groups excluding tert-OH is 2. The van der Waals surface area contributed by atoms with Gasteiger partial charge >= 0.3 is 0 Å². The van der Waals surface area contributed by atoms with E-state index in [-0.39, 0.29) is 19.0 Å². The summed E-state index contributed by atoms with van der Waals surface area (Å²) in [5.74, 6) is 0.797. The molecule has 0 atom stereocenters. The summed E-state index contributed by atoms with van der Waals surface area (Å²) in [7, 11) is 1.00. The van der Waals surface area contributed by atoms with Crippen molar-refractivity contribution in [2.75, 3.05) is 20.3 Å². The van der Waals surface area contributed by atoms with Gasteiger partial charge in [-0.2, -0.15) is 0 Å². The minimum Gasteiger partial charge on any atom is -0.491 e. The van der Waals surface area contributed by atoms with Crippen LogP contribution in [-0.4, -0.2) is 36.3 Å². The Morgan fingerprint density at radius 2 is 1.81 bits per heavy atom. The Hall–Kier alpha value is -1.39. The molecule has 1 aromatic carbocycles. The summed E-state index contributed by atoms with van der Waals surface area (Å²) in [6, 6.07) is 6.94. The second-order valence-electron chi connectivity index (χ2n) is 2.87. The summed E-state index contributed by atoms with van der Waals surface area (Å²) in [4.78, 5) is 11.3. The van der Waals surface area contributed by atoms with Crippen molar-refractivity contribution in [3.8, 4) is 5.75 Å². The van der Waals surface area contributed by atoms with Crippen LogP contribution in [0.3, 0.4) is 0 Å². The average Bonchev–Trinajstić information content (AvgIpc) is 2.38. The van der Waals surface area contributed by atoms with Gasteiger partial charge in [0, 0.05) is 19.1 Å². The Labute approximate surface area is 95.5 Å². The van der Waals surface area contributed by atoms with Crippen molar-refractivity contribution in [3.63, 3.8) is 0 Å². The summed E-state index contributed by atoms with van der Waals surface area (Å²) in [5.41, 5.74) is 0.698. The van der Waals surface area contributed by atoms with Gasteiger partial charge in [0.1, 0.15) is 12.4 Å². The topological polar surface area (TPSA) is 66.8 Å². The Morgan fingerprint density at radius 3 is 2.25 bits per heavy atom. The van der Waals surface area contributed by atoms with E-state index >= 15 is 0 Å². The highest BCUT2D eigenvalue weighted by Crippen LogP contribution is 2.13. The van der Waals surface area contributed by atoms with E-state index in [1.54, 1.807) is 24.3 Å². The van der Waals surface area contributed by atoms with E-state index in [1.165, 1.54) is 0 Å². The van der Waals surface area contributed by atoms with Crippen LogP contribution in [0.4, 0.5) is 0 Å². The molecule has 1 aromatic rings. The highest BCUT2D eigenvalue weighted by molar-refractivity contribution is 5.95. The van der Waals surface area contributed by atoms with Gasteiger partial charge in [0.15, 0.2) is 5.78 Å². The monoisotopic (exact) mass is 226 g/mol. The molecule has 0 saturated carbocycles. The van der Waals surface area contributed by atoms with Crippen LogP contribution in [0, 0.1) is 0 Å². The Morgan fingerprint density at radius 1 is 1.25 bits per heavy atom. The van der Waals surface area contributed by atoms with Crippen molar-refractivity contribution in [3.05, 3.63) is 29.8 Å². The van der Waals surface area contributed by atoms with E-state index < -0.39 is 0 Å². The standard InChI is InChI=1S/C11H14O3.CH4O/c1-2-11(13)9-3-5-10(6-4-9)14-8-7-12;1-2/h3-6,12H,2,7-8H2,1H3;2H,1H3. The third-order valence-corrected chi connectivity index (χ3v) is 1.86. The third-order valence-electron chi connectivity index (χ3n) is 1.86. The van der Waals surface area contributed by atoms with Crippen molar-refractivity contribution < 1.29 is 19.7 Å². The van der Waals surface area contributed by atoms with E-state index in [0.29, 0.717) is 17.7 Å². The first-order chi connectivity index (χ1) is 7.77. The molecule has 16 heavy (non-hydrogen) atoms. The van der Waals surface area contributed by atoms with Gasteiger partial charge in [-0.15, -0.1) is 0 Å². The molecule has 0 spiro atoms. The van der Waals surface area contributed by atoms with Crippen LogP contribution in [0.25, 0.3) is 0 Å². The number of hydrogen-bond donors (Lipinski definition) is 2. The molecule has 0 radical (unpaired) electrons. The predicted octanol–water partition coefficient (Wildman–Crippen LogP) is 1.26. The Kier molecular flexibility index (Phi) is 8.11. The molecule has 90 valence electrons. The molecule has 0 aliphatic heterocycles. The summed E-state index contributed by atoms with van der Waals surface area (Å²) >= 11 is 0. The highest BCUT2D eigenvalue weighted by atomic mass is 16.5. The van der Waals surface area contributed by atoms with Gasteiger partial charge in [-0.1, -0.05) is 6.92 Å². The number of ketones is 1. The van der Waals surface area contributed by atoms with Gasteiger partial charge in [-0.05, 0) is 24.3 Å². The number of benzene rings is 1. The van der Waals surface area contributed by atoms with Crippen molar-refractivity contribution in [1.82, 2.24) is 0 Å². The molecule has 0 aromatic heterocycles. The van der Waals surface area contributed by atoms with Crippen LogP contribution in [0.15, 0.2) is 24.3 Å². The molecule has 1 rings (SSSR count). The predicted molar refractivity (Wildman–Crippen MR) is 61.8 cm³/mol. The van der Waals surface area contributed by atoms with Crippen molar-refractivity contribution >= 4 is 5.78 Å². The molecule has 0 aliphatic rings. The molecular weight excluding hydrogens is 208 g/mol. The lowest BCUT2D eigenvalue weighted by Crippen LogP contribution is -2.02. The van der Waals surface area contributed by atoms with E-state index in [1.807, 2.05) is 6.92 Å². The number of Topliss-reactive ketones (excluding diaryl/α,β-unsaturated/α-hetero) is 1. The lowest BCUT2D eigenvalue weighted by Gasteiger charge is -2.04. The zero-order chi connectivity index (χ0) is 12.4. The van der Waals surface area contributed by atoms with Crippen LogP contribution < -0.4 is 4.74 Å². The maximum absolute atomic E-state index is 11.3. The molecule has 0 saturated heterocycles. The fraction of sp³-hybridized carbons (Fsp3) is 0.417. The number of hydrogen-bond acceptors (Lipinski definition) is 4. The smallest absolute Gasteiger partial charge is 0.162 e. The fourth-order valence-electron chi connectivity index (χ4n) is 1.10. The lowest BCUT2D eigenvalue weighted by molar-refractivity contribution is 0.0988. The molecule has 0 bridgehead atoms. The largest absolute Gasteiger partial charge is 0.491 e. The van der Waals surface area contributed by atoms with Gasteiger partial charge in [0.2, 0.25) is 0 Å². The summed E-state index contributed by atoms with van der Waals surface area (Å²) in [5, 5.41) is 15.5. The number of carbonyl (C=O) groups excluding carboxylic acids is 1. The van der Waals surface area contributed by atoms with Crippen LogP contribution in [-0.2, 0) is 0 Å². The molecular formula is C12H18O4. The van der Waals surface area contributed by atoms with Crippen molar-refractivity contribution in [1.29, 1.82) is 0 Å². The summed E-state index contributed by atoms with van der Waals surface area (Å²) in [6.45, 7) is 2.11.